The quantitative estimate of drug-likeness (QED) is 0.927. The average Bonchev–Trinajstić information content (AvgIpc) is 2.80. The number of rotatable bonds is 3. The van der Waals surface area contributed by atoms with E-state index in [0.29, 0.717) is 10.7 Å². The van der Waals surface area contributed by atoms with Crippen molar-refractivity contribution in [3.63, 3.8) is 0 Å². The zero-order chi connectivity index (χ0) is 15.4. The van der Waals surface area contributed by atoms with Crippen molar-refractivity contribution in [3.8, 4) is 6.07 Å². The van der Waals surface area contributed by atoms with Crippen LogP contribution in [0.4, 0.5) is 5.13 Å². The Morgan fingerprint density at radius 2 is 2.00 bits per heavy atom. The first-order valence-electron chi connectivity index (χ1n) is 7.38. The number of benzene rings is 1. The molecule has 23 heavy (non-hydrogen) atoms. The fourth-order valence-electron chi connectivity index (χ4n) is 2.62. The molecule has 1 aromatic heterocycles. The molecule has 0 amide bonds. The minimum atomic E-state index is 0. The fourth-order valence-corrected chi connectivity index (χ4v) is 3.49. The Morgan fingerprint density at radius 3 is 2.74 bits per heavy atom. The number of fused-ring (bicyclic) bond motifs is 1. The largest absolute Gasteiger partial charge is 0.375 e. The predicted octanol–water partition coefficient (Wildman–Crippen LogP) is 3.13. The third kappa shape index (κ3) is 4.55. The van der Waals surface area contributed by atoms with E-state index >= 15 is 0 Å². The minimum absolute atomic E-state index is 0. The second kappa shape index (κ2) is 8.11. The SMILES string of the molecule is Cl.N#Cc1ccc(C=CCN2CCc3nc(N)sc3CC2)cc1. The van der Waals surface area contributed by atoms with Crippen LogP contribution in [0.3, 0.4) is 0 Å². The normalized spacial score (nSPS) is 14.7. The summed E-state index contributed by atoms with van der Waals surface area (Å²) in [5.41, 5.74) is 8.78. The van der Waals surface area contributed by atoms with Crippen LogP contribution >= 0.6 is 23.7 Å². The molecule has 2 N–H and O–H groups in total. The second-order valence-electron chi connectivity index (χ2n) is 5.36. The molecule has 4 nitrogen and oxygen atoms in total. The molecule has 6 heteroatoms. The van der Waals surface area contributed by atoms with Crippen molar-refractivity contribution in [1.82, 2.24) is 9.88 Å². The molecule has 0 radical (unpaired) electrons. The highest BCUT2D eigenvalue weighted by Gasteiger charge is 2.16. The molecule has 2 aromatic rings. The molecule has 0 fully saturated rings. The van der Waals surface area contributed by atoms with E-state index in [1.54, 1.807) is 11.3 Å². The van der Waals surface area contributed by atoms with Crippen molar-refractivity contribution in [2.24, 2.45) is 0 Å². The van der Waals surface area contributed by atoms with Gasteiger partial charge in [0.25, 0.3) is 0 Å². The van der Waals surface area contributed by atoms with E-state index < -0.39 is 0 Å². The predicted molar refractivity (Wildman–Crippen MR) is 97.8 cm³/mol. The zero-order valence-corrected chi connectivity index (χ0v) is 14.4. The summed E-state index contributed by atoms with van der Waals surface area (Å²) in [6, 6.07) is 9.77. The number of hydrogen-bond donors (Lipinski definition) is 1. The fraction of sp³-hybridized carbons (Fsp3) is 0.294. The van der Waals surface area contributed by atoms with Gasteiger partial charge in [0, 0.05) is 30.9 Å². The van der Waals surface area contributed by atoms with E-state index in [-0.39, 0.29) is 12.4 Å². The number of aromatic nitrogens is 1. The Labute approximate surface area is 146 Å². The van der Waals surface area contributed by atoms with Gasteiger partial charge in [0.15, 0.2) is 5.13 Å². The summed E-state index contributed by atoms with van der Waals surface area (Å²) in [5.74, 6) is 0. The van der Waals surface area contributed by atoms with Gasteiger partial charge < -0.3 is 5.73 Å². The number of hydrogen-bond acceptors (Lipinski definition) is 5. The number of halogens is 1. The molecule has 1 aliphatic heterocycles. The summed E-state index contributed by atoms with van der Waals surface area (Å²) in [6.45, 7) is 3.00. The van der Waals surface area contributed by atoms with E-state index in [2.05, 4.69) is 28.1 Å². The monoisotopic (exact) mass is 346 g/mol. The van der Waals surface area contributed by atoms with Crippen LogP contribution in [0, 0.1) is 11.3 Å². The van der Waals surface area contributed by atoms with Gasteiger partial charge in [0.2, 0.25) is 0 Å². The van der Waals surface area contributed by atoms with Gasteiger partial charge >= 0.3 is 0 Å². The lowest BCUT2D eigenvalue weighted by Crippen LogP contribution is -2.26. The Kier molecular flexibility index (Phi) is 6.17. The molecule has 1 aliphatic rings. The number of nitrogens with two attached hydrogens (primary N) is 1. The van der Waals surface area contributed by atoms with E-state index in [1.807, 2.05) is 24.3 Å². The number of nitrogen functional groups attached to an aromatic ring is 1. The van der Waals surface area contributed by atoms with Crippen molar-refractivity contribution in [2.75, 3.05) is 25.4 Å². The van der Waals surface area contributed by atoms with Crippen molar-refractivity contribution < 1.29 is 0 Å². The molecule has 120 valence electrons. The van der Waals surface area contributed by atoms with Crippen LogP contribution < -0.4 is 5.73 Å². The van der Waals surface area contributed by atoms with Crippen LogP contribution in [0.25, 0.3) is 6.08 Å². The maximum Gasteiger partial charge on any atom is 0.180 e. The van der Waals surface area contributed by atoms with Crippen LogP contribution in [0.1, 0.15) is 21.7 Å². The van der Waals surface area contributed by atoms with Crippen LogP contribution in [-0.4, -0.2) is 29.5 Å². The molecule has 3 rings (SSSR count). The molecule has 1 aromatic carbocycles. The summed E-state index contributed by atoms with van der Waals surface area (Å²) < 4.78 is 0. The maximum absolute atomic E-state index is 8.79. The molecule has 0 unspecified atom stereocenters. The molecule has 0 atom stereocenters. The average molecular weight is 347 g/mol. The first kappa shape index (κ1) is 17.5. The Hall–Kier alpha value is -1.87. The van der Waals surface area contributed by atoms with Crippen molar-refractivity contribution in [2.45, 2.75) is 12.8 Å². The number of nitriles is 1. The lowest BCUT2D eigenvalue weighted by Gasteiger charge is -2.17. The van der Waals surface area contributed by atoms with Crippen LogP contribution in [-0.2, 0) is 12.8 Å². The van der Waals surface area contributed by atoms with Gasteiger partial charge in [0.05, 0.1) is 17.3 Å². The van der Waals surface area contributed by atoms with Crippen LogP contribution in [0.2, 0.25) is 0 Å². The molecule has 0 saturated carbocycles. The van der Waals surface area contributed by atoms with E-state index in [0.717, 1.165) is 38.0 Å². The lowest BCUT2D eigenvalue weighted by molar-refractivity contribution is 0.318. The smallest absolute Gasteiger partial charge is 0.180 e. The summed E-state index contributed by atoms with van der Waals surface area (Å²) in [5, 5.41) is 9.48. The zero-order valence-electron chi connectivity index (χ0n) is 12.7. The lowest BCUT2D eigenvalue weighted by atomic mass is 10.1. The molecular weight excluding hydrogens is 328 g/mol. The van der Waals surface area contributed by atoms with Crippen LogP contribution in [0.5, 0.6) is 0 Å². The van der Waals surface area contributed by atoms with E-state index in [9.17, 15) is 0 Å². The van der Waals surface area contributed by atoms with Gasteiger partial charge in [-0.3, -0.25) is 4.90 Å². The number of anilines is 1. The first-order valence-corrected chi connectivity index (χ1v) is 8.19. The first-order chi connectivity index (χ1) is 10.7. The van der Waals surface area contributed by atoms with Crippen molar-refractivity contribution in [1.29, 1.82) is 5.26 Å². The summed E-state index contributed by atoms with van der Waals surface area (Å²) in [4.78, 5) is 8.19. The summed E-state index contributed by atoms with van der Waals surface area (Å²) in [7, 11) is 0. The summed E-state index contributed by atoms with van der Waals surface area (Å²) >= 11 is 1.63. The summed E-state index contributed by atoms with van der Waals surface area (Å²) in [6.07, 6.45) is 6.31. The van der Waals surface area contributed by atoms with E-state index in [4.69, 9.17) is 11.0 Å². The number of nitrogens with zero attached hydrogens (tertiary/aromatic N) is 3. The standard InChI is InChI=1S/C17H18N4S.ClH/c18-12-14-5-3-13(4-6-14)2-1-9-21-10-7-15-16(8-11-21)22-17(19)20-15;/h1-6H,7-11H2,(H2,19,20);1H. The van der Waals surface area contributed by atoms with Gasteiger partial charge in [0.1, 0.15) is 0 Å². The Morgan fingerprint density at radius 1 is 1.26 bits per heavy atom. The van der Waals surface area contributed by atoms with Gasteiger partial charge in [-0.15, -0.1) is 23.7 Å². The van der Waals surface area contributed by atoms with Crippen molar-refractivity contribution in [3.05, 3.63) is 52.0 Å². The highest BCUT2D eigenvalue weighted by atomic mass is 35.5. The van der Waals surface area contributed by atoms with Gasteiger partial charge in [-0.2, -0.15) is 5.26 Å². The Balaban J connectivity index is 0.00000192. The molecular formula is C17H19ClN4S. The topological polar surface area (TPSA) is 65.9 Å². The van der Waals surface area contributed by atoms with E-state index in [1.165, 1.54) is 10.6 Å². The molecule has 0 saturated heterocycles. The highest BCUT2D eigenvalue weighted by molar-refractivity contribution is 7.15. The second-order valence-corrected chi connectivity index (χ2v) is 6.47. The van der Waals surface area contributed by atoms with Crippen molar-refractivity contribution >= 4 is 35.0 Å². The molecule has 2 heterocycles. The number of thiazole rings is 1. The van der Waals surface area contributed by atoms with Gasteiger partial charge in [-0.25, -0.2) is 4.98 Å². The van der Waals surface area contributed by atoms with Gasteiger partial charge in [-0.1, -0.05) is 24.3 Å². The molecule has 0 bridgehead atoms. The van der Waals surface area contributed by atoms with Gasteiger partial charge in [-0.05, 0) is 24.1 Å². The maximum atomic E-state index is 8.79. The minimum Gasteiger partial charge on any atom is -0.375 e. The third-order valence-electron chi connectivity index (χ3n) is 3.83. The highest BCUT2D eigenvalue weighted by Crippen LogP contribution is 2.24. The van der Waals surface area contributed by atoms with Crippen LogP contribution in [0.15, 0.2) is 30.3 Å². The molecule has 0 spiro atoms. The Bertz CT molecular complexity index is 690. The molecule has 0 aliphatic carbocycles. The third-order valence-corrected chi connectivity index (χ3v) is 4.81.